The number of anilines is 1. The van der Waals surface area contributed by atoms with Crippen LogP contribution in [0.15, 0.2) is 18.2 Å². The van der Waals surface area contributed by atoms with Crippen LogP contribution in [0, 0.1) is 0 Å². The Balaban J connectivity index is 3.25. The lowest BCUT2D eigenvalue weighted by atomic mass is 10.0. The molecule has 1 aromatic rings. The first kappa shape index (κ1) is 18.7. The molecule has 4 nitrogen and oxygen atoms in total. The molecule has 0 heterocycles. The molecule has 0 aliphatic carbocycles. The number of rotatable bonds is 7. The molecule has 0 aromatic heterocycles. The van der Waals surface area contributed by atoms with Gasteiger partial charge in [0.15, 0.2) is 0 Å². The highest BCUT2D eigenvalue weighted by molar-refractivity contribution is 9.09. The van der Waals surface area contributed by atoms with Crippen molar-refractivity contribution in [1.82, 2.24) is 0 Å². The van der Waals surface area contributed by atoms with Gasteiger partial charge in [-0.2, -0.15) is 0 Å². The number of esters is 1. The first-order chi connectivity index (χ1) is 10.5. The minimum atomic E-state index is -0.517. The third-order valence-corrected chi connectivity index (χ3v) is 3.67. The monoisotopic (exact) mass is 387 g/mol. The summed E-state index contributed by atoms with van der Waals surface area (Å²) in [7, 11) is 1.30. The number of unbranched alkanes of at least 4 members (excludes halogenated alkanes) is 2. The maximum absolute atomic E-state index is 12.1. The van der Waals surface area contributed by atoms with Crippen LogP contribution in [0.2, 0.25) is 5.02 Å². The third kappa shape index (κ3) is 5.46. The fourth-order valence-corrected chi connectivity index (χ4v) is 2.27. The van der Waals surface area contributed by atoms with Gasteiger partial charge in [-0.25, -0.2) is 4.79 Å². The molecule has 1 N–H and O–H groups in total. The molecule has 0 radical (unpaired) electrons. The van der Waals surface area contributed by atoms with E-state index < -0.39 is 5.97 Å². The minimum Gasteiger partial charge on any atom is -0.465 e. The number of alkyl halides is 1. The lowest BCUT2D eigenvalue weighted by Crippen LogP contribution is -2.17. The van der Waals surface area contributed by atoms with Gasteiger partial charge in [0.1, 0.15) is 0 Å². The fourth-order valence-electron chi connectivity index (χ4n) is 1.90. The van der Waals surface area contributed by atoms with Crippen LogP contribution in [-0.4, -0.2) is 24.3 Å². The van der Waals surface area contributed by atoms with E-state index in [0.717, 1.165) is 19.3 Å². The molecular formula is C16H19BrClNO3. The number of hydrogen-bond acceptors (Lipinski definition) is 3. The van der Waals surface area contributed by atoms with Crippen LogP contribution in [0.5, 0.6) is 0 Å². The Morgan fingerprint density at radius 3 is 2.73 bits per heavy atom. The van der Waals surface area contributed by atoms with Crippen LogP contribution in [0.1, 0.15) is 42.1 Å². The van der Waals surface area contributed by atoms with Crippen molar-refractivity contribution in [2.75, 3.05) is 17.8 Å². The molecule has 0 saturated carbocycles. The van der Waals surface area contributed by atoms with Gasteiger partial charge < -0.3 is 10.1 Å². The van der Waals surface area contributed by atoms with Gasteiger partial charge in [0.2, 0.25) is 5.91 Å². The van der Waals surface area contributed by atoms with Gasteiger partial charge in [-0.15, -0.1) is 0 Å². The Morgan fingerprint density at radius 1 is 1.41 bits per heavy atom. The summed E-state index contributed by atoms with van der Waals surface area (Å²) in [5, 5.41) is 3.22. The first-order valence-corrected chi connectivity index (χ1v) is 8.47. The molecular weight excluding hydrogens is 370 g/mol. The largest absolute Gasteiger partial charge is 0.465 e. The number of hydrogen-bond donors (Lipinski definition) is 1. The molecule has 22 heavy (non-hydrogen) atoms. The second-order valence-electron chi connectivity index (χ2n) is 4.64. The molecule has 0 atom stereocenters. The standard InChI is InChI=1S/C16H19BrClNO3/c1-3-4-5-6-7-11-8-12(18)9-13(19-14(20)10-17)15(11)16(21)22-2/h6-9H,3-5,10H2,1-2H3,(H,19,20)/b7-6+. The van der Waals surface area contributed by atoms with E-state index in [1.54, 1.807) is 6.07 Å². The Hall–Kier alpha value is -1.33. The van der Waals surface area contributed by atoms with Gasteiger partial charge in [0.05, 0.1) is 23.7 Å². The van der Waals surface area contributed by atoms with Gasteiger partial charge in [-0.3, -0.25) is 4.79 Å². The zero-order valence-electron chi connectivity index (χ0n) is 12.6. The summed E-state index contributed by atoms with van der Waals surface area (Å²) in [5.74, 6) is -0.787. The van der Waals surface area contributed by atoms with E-state index in [-0.39, 0.29) is 11.2 Å². The van der Waals surface area contributed by atoms with Crippen LogP contribution in [0.3, 0.4) is 0 Å². The van der Waals surface area contributed by atoms with Crippen molar-refractivity contribution in [3.63, 3.8) is 0 Å². The normalized spacial score (nSPS) is 10.7. The van der Waals surface area contributed by atoms with Gasteiger partial charge >= 0.3 is 5.97 Å². The predicted molar refractivity (Wildman–Crippen MR) is 93.8 cm³/mol. The Morgan fingerprint density at radius 2 is 2.14 bits per heavy atom. The molecule has 1 amide bonds. The molecule has 1 aromatic carbocycles. The van der Waals surface area contributed by atoms with E-state index in [2.05, 4.69) is 28.2 Å². The molecule has 0 spiro atoms. The Kier molecular flexibility index (Phi) is 8.20. The number of carbonyl (C=O) groups excluding carboxylic acids is 2. The second kappa shape index (κ2) is 9.64. The molecule has 0 unspecified atom stereocenters. The van der Waals surface area contributed by atoms with Crippen LogP contribution in [-0.2, 0) is 9.53 Å². The molecule has 0 aliphatic heterocycles. The molecule has 0 bridgehead atoms. The molecule has 120 valence electrons. The summed E-state index contributed by atoms with van der Waals surface area (Å²) in [6, 6.07) is 3.22. The zero-order valence-corrected chi connectivity index (χ0v) is 15.0. The smallest absolute Gasteiger partial charge is 0.340 e. The van der Waals surface area contributed by atoms with Crippen LogP contribution < -0.4 is 5.32 Å². The maximum Gasteiger partial charge on any atom is 0.340 e. The van der Waals surface area contributed by atoms with Crippen LogP contribution >= 0.6 is 27.5 Å². The van der Waals surface area contributed by atoms with Crippen molar-refractivity contribution in [1.29, 1.82) is 0 Å². The maximum atomic E-state index is 12.1. The summed E-state index contributed by atoms with van der Waals surface area (Å²) >= 11 is 9.16. The van der Waals surface area contributed by atoms with E-state index in [4.69, 9.17) is 16.3 Å². The number of halogens is 2. The van der Waals surface area contributed by atoms with Crippen molar-refractivity contribution in [3.05, 3.63) is 34.4 Å². The van der Waals surface area contributed by atoms with E-state index in [1.165, 1.54) is 13.2 Å². The Labute approximate surface area is 144 Å². The number of amides is 1. The number of ether oxygens (including phenoxy) is 1. The topological polar surface area (TPSA) is 55.4 Å². The average molecular weight is 389 g/mol. The number of allylic oxidation sites excluding steroid dienone is 1. The molecule has 0 fully saturated rings. The van der Waals surface area contributed by atoms with Gasteiger partial charge in [-0.05, 0) is 24.1 Å². The summed E-state index contributed by atoms with van der Waals surface area (Å²) in [4.78, 5) is 23.7. The number of nitrogens with one attached hydrogen (secondary N) is 1. The van der Waals surface area contributed by atoms with Crippen molar-refractivity contribution >= 4 is 51.2 Å². The van der Waals surface area contributed by atoms with Crippen LogP contribution in [0.4, 0.5) is 5.69 Å². The molecule has 0 aliphatic rings. The summed E-state index contributed by atoms with van der Waals surface area (Å²) in [6.07, 6.45) is 6.89. The van der Waals surface area contributed by atoms with Gasteiger partial charge in [0, 0.05) is 5.02 Å². The quantitative estimate of drug-likeness (QED) is 0.420. The molecule has 6 heteroatoms. The highest BCUT2D eigenvalue weighted by atomic mass is 79.9. The predicted octanol–water partition coefficient (Wildman–Crippen LogP) is 4.66. The van der Waals surface area contributed by atoms with E-state index >= 15 is 0 Å². The van der Waals surface area contributed by atoms with E-state index in [0.29, 0.717) is 21.8 Å². The molecule has 1 rings (SSSR count). The second-order valence-corrected chi connectivity index (χ2v) is 5.63. The first-order valence-electron chi connectivity index (χ1n) is 6.97. The van der Waals surface area contributed by atoms with Crippen molar-refractivity contribution in [2.45, 2.75) is 26.2 Å². The van der Waals surface area contributed by atoms with E-state index in [9.17, 15) is 9.59 Å². The average Bonchev–Trinajstić information content (AvgIpc) is 2.50. The Bertz CT molecular complexity index is 573. The van der Waals surface area contributed by atoms with Gasteiger partial charge in [-0.1, -0.05) is 59.4 Å². The highest BCUT2D eigenvalue weighted by Gasteiger charge is 2.18. The molecule has 0 saturated heterocycles. The van der Waals surface area contributed by atoms with E-state index in [1.807, 2.05) is 12.2 Å². The van der Waals surface area contributed by atoms with Gasteiger partial charge in [0.25, 0.3) is 0 Å². The lowest BCUT2D eigenvalue weighted by molar-refractivity contribution is -0.113. The number of benzene rings is 1. The summed E-state index contributed by atoms with van der Waals surface area (Å²) in [6.45, 7) is 2.11. The van der Waals surface area contributed by atoms with Crippen molar-refractivity contribution in [2.24, 2.45) is 0 Å². The minimum absolute atomic E-state index is 0.127. The highest BCUT2D eigenvalue weighted by Crippen LogP contribution is 2.28. The van der Waals surface area contributed by atoms with Crippen molar-refractivity contribution in [3.8, 4) is 0 Å². The van der Waals surface area contributed by atoms with Crippen molar-refractivity contribution < 1.29 is 14.3 Å². The summed E-state index contributed by atoms with van der Waals surface area (Å²) in [5.41, 5.74) is 1.27. The fraction of sp³-hybridized carbons (Fsp3) is 0.375. The number of methoxy groups -OCH3 is 1. The summed E-state index contributed by atoms with van der Waals surface area (Å²) < 4.78 is 4.82. The number of carbonyl (C=O) groups is 2. The zero-order chi connectivity index (χ0) is 16.5. The van der Waals surface area contributed by atoms with Crippen LogP contribution in [0.25, 0.3) is 6.08 Å². The SMILES string of the molecule is CCCC/C=C/c1cc(Cl)cc(NC(=O)CBr)c1C(=O)OC. The lowest BCUT2D eigenvalue weighted by Gasteiger charge is -2.12. The third-order valence-electron chi connectivity index (χ3n) is 2.94.